The van der Waals surface area contributed by atoms with Crippen molar-refractivity contribution in [2.75, 3.05) is 30.5 Å². The van der Waals surface area contributed by atoms with Gasteiger partial charge >= 0.3 is 6.61 Å². The first-order valence-corrected chi connectivity index (χ1v) is 9.62. The van der Waals surface area contributed by atoms with E-state index in [0.29, 0.717) is 0 Å². The highest BCUT2D eigenvalue weighted by molar-refractivity contribution is 7.92. The number of sulfonamides is 1. The Bertz CT molecular complexity index is 966. The zero-order valence-corrected chi connectivity index (χ0v) is 16.0. The number of amides is 1. The average molecular weight is 416 g/mol. The maximum atomic E-state index is 12.4. The summed E-state index contributed by atoms with van der Waals surface area (Å²) in [5.74, 6) is -0.559. The maximum Gasteiger partial charge on any atom is 0.387 e. The van der Waals surface area contributed by atoms with Gasteiger partial charge in [0.25, 0.3) is 5.91 Å². The van der Waals surface area contributed by atoms with Gasteiger partial charge in [0.05, 0.1) is 26.2 Å². The predicted octanol–water partition coefficient (Wildman–Crippen LogP) is 2.93. The van der Waals surface area contributed by atoms with Crippen LogP contribution in [0, 0.1) is 0 Å². The Labute approximate surface area is 160 Å². The van der Waals surface area contributed by atoms with Gasteiger partial charge in [-0.25, -0.2) is 8.42 Å². The molecule has 0 spiro atoms. The Balaban J connectivity index is 2.26. The second-order valence-electron chi connectivity index (χ2n) is 5.49. The number of rotatable bonds is 8. The molecule has 0 aliphatic rings. The lowest BCUT2D eigenvalue weighted by Gasteiger charge is -2.13. The van der Waals surface area contributed by atoms with Crippen LogP contribution in [-0.2, 0) is 10.0 Å². The third-order valence-electron chi connectivity index (χ3n) is 3.39. The number of anilines is 2. The molecule has 8 nitrogen and oxygen atoms in total. The smallest absolute Gasteiger partial charge is 0.387 e. The highest BCUT2D eigenvalue weighted by Crippen LogP contribution is 2.31. The number of hydrogen-bond donors (Lipinski definition) is 2. The van der Waals surface area contributed by atoms with E-state index in [1.165, 1.54) is 50.6 Å². The molecule has 0 radical (unpaired) electrons. The molecule has 152 valence electrons. The van der Waals surface area contributed by atoms with E-state index in [4.69, 9.17) is 9.47 Å². The van der Waals surface area contributed by atoms with Gasteiger partial charge in [0.1, 0.15) is 5.75 Å². The Morgan fingerprint density at radius 2 is 1.64 bits per heavy atom. The fraction of sp³-hybridized carbons (Fsp3) is 0.235. The van der Waals surface area contributed by atoms with Crippen molar-refractivity contribution in [2.24, 2.45) is 0 Å². The van der Waals surface area contributed by atoms with Crippen LogP contribution in [0.25, 0.3) is 0 Å². The number of hydrogen-bond acceptors (Lipinski definition) is 6. The SMILES string of the molecule is COc1ccc(NC(=O)c2ccc(OC(F)F)c(OC)c2)cc1NS(C)(=O)=O. The lowest BCUT2D eigenvalue weighted by Crippen LogP contribution is -2.14. The Morgan fingerprint density at radius 1 is 1.00 bits per heavy atom. The number of methoxy groups -OCH3 is 2. The summed E-state index contributed by atoms with van der Waals surface area (Å²) in [7, 11) is -0.942. The Morgan fingerprint density at radius 3 is 2.21 bits per heavy atom. The molecular weight excluding hydrogens is 398 g/mol. The normalized spacial score (nSPS) is 11.1. The lowest BCUT2D eigenvalue weighted by atomic mass is 10.1. The quantitative estimate of drug-likeness (QED) is 0.686. The molecule has 2 aromatic carbocycles. The zero-order chi connectivity index (χ0) is 20.9. The topological polar surface area (TPSA) is 103 Å². The highest BCUT2D eigenvalue weighted by atomic mass is 32.2. The minimum Gasteiger partial charge on any atom is -0.495 e. The summed E-state index contributed by atoms with van der Waals surface area (Å²) in [6.45, 7) is -3.03. The van der Waals surface area contributed by atoms with E-state index in [1.807, 2.05) is 0 Å². The zero-order valence-electron chi connectivity index (χ0n) is 15.2. The molecule has 0 heterocycles. The Hall–Kier alpha value is -3.08. The van der Waals surface area contributed by atoms with E-state index in [2.05, 4.69) is 14.8 Å². The predicted molar refractivity (Wildman–Crippen MR) is 99.0 cm³/mol. The molecule has 2 N–H and O–H groups in total. The van der Waals surface area contributed by atoms with Gasteiger partial charge in [-0.1, -0.05) is 0 Å². The van der Waals surface area contributed by atoms with E-state index in [1.54, 1.807) is 0 Å². The van der Waals surface area contributed by atoms with Crippen LogP contribution in [-0.4, -0.2) is 41.4 Å². The largest absolute Gasteiger partial charge is 0.495 e. The number of nitrogens with one attached hydrogen (secondary N) is 2. The van der Waals surface area contributed by atoms with Crippen LogP contribution in [0.3, 0.4) is 0 Å². The summed E-state index contributed by atoms with van der Waals surface area (Å²) in [6, 6.07) is 8.08. The van der Waals surface area contributed by atoms with Gasteiger partial charge in [-0.2, -0.15) is 8.78 Å². The molecule has 11 heteroatoms. The van der Waals surface area contributed by atoms with Crippen molar-refractivity contribution in [1.29, 1.82) is 0 Å². The third-order valence-corrected chi connectivity index (χ3v) is 3.99. The van der Waals surface area contributed by atoms with Gasteiger partial charge in [0.2, 0.25) is 10.0 Å². The van der Waals surface area contributed by atoms with Crippen molar-refractivity contribution < 1.29 is 36.2 Å². The summed E-state index contributed by atoms with van der Waals surface area (Å²) in [5, 5.41) is 2.57. The fourth-order valence-electron chi connectivity index (χ4n) is 2.27. The minimum absolute atomic E-state index is 0.0397. The van der Waals surface area contributed by atoms with Crippen molar-refractivity contribution in [3.05, 3.63) is 42.0 Å². The molecule has 28 heavy (non-hydrogen) atoms. The second-order valence-corrected chi connectivity index (χ2v) is 7.24. The summed E-state index contributed by atoms with van der Waals surface area (Å²) in [5.41, 5.74) is 0.539. The number of benzene rings is 2. The van der Waals surface area contributed by atoms with Crippen molar-refractivity contribution >= 4 is 27.3 Å². The number of halogens is 2. The average Bonchev–Trinajstić information content (AvgIpc) is 2.60. The molecule has 2 rings (SSSR count). The molecule has 0 aliphatic heterocycles. The van der Waals surface area contributed by atoms with Crippen molar-refractivity contribution in [3.63, 3.8) is 0 Å². The van der Waals surface area contributed by atoms with E-state index in [9.17, 15) is 22.0 Å². The van der Waals surface area contributed by atoms with Gasteiger partial charge < -0.3 is 19.5 Å². The van der Waals surface area contributed by atoms with Crippen LogP contribution in [0.4, 0.5) is 20.2 Å². The minimum atomic E-state index is -3.57. The molecule has 0 fully saturated rings. The van der Waals surface area contributed by atoms with Gasteiger partial charge in [0.15, 0.2) is 11.5 Å². The first-order chi connectivity index (χ1) is 13.1. The van der Waals surface area contributed by atoms with E-state index < -0.39 is 22.5 Å². The van der Waals surface area contributed by atoms with Crippen LogP contribution < -0.4 is 24.2 Å². The number of carbonyl (C=O) groups is 1. The van der Waals surface area contributed by atoms with E-state index in [0.717, 1.165) is 6.26 Å². The summed E-state index contributed by atoms with van der Waals surface area (Å²) in [4.78, 5) is 12.4. The third kappa shape index (κ3) is 5.71. The van der Waals surface area contributed by atoms with Crippen molar-refractivity contribution in [1.82, 2.24) is 0 Å². The summed E-state index contributed by atoms with van der Waals surface area (Å²) < 4.78 is 64.3. The molecule has 0 aromatic heterocycles. The number of alkyl halides is 2. The second kappa shape index (κ2) is 8.74. The van der Waals surface area contributed by atoms with Crippen LogP contribution in [0.5, 0.6) is 17.2 Å². The molecule has 0 bridgehead atoms. The van der Waals surface area contributed by atoms with Crippen molar-refractivity contribution in [3.8, 4) is 17.2 Å². The lowest BCUT2D eigenvalue weighted by molar-refractivity contribution is -0.0512. The molecule has 0 saturated heterocycles. The molecule has 0 aliphatic carbocycles. The van der Waals surface area contributed by atoms with Gasteiger partial charge in [0, 0.05) is 11.3 Å². The van der Waals surface area contributed by atoms with Gasteiger partial charge in [-0.05, 0) is 36.4 Å². The standard InChI is InChI=1S/C17H18F2N2O6S/c1-25-13-7-5-11(9-12(13)21-28(3,23)24)20-16(22)10-4-6-14(27-17(18)19)15(8-10)26-2/h4-9,17,21H,1-3H3,(H,20,22). The van der Waals surface area contributed by atoms with Crippen LogP contribution >= 0.6 is 0 Å². The van der Waals surface area contributed by atoms with Gasteiger partial charge in [-0.15, -0.1) is 0 Å². The molecule has 0 saturated carbocycles. The molecule has 0 unspecified atom stereocenters. The monoisotopic (exact) mass is 416 g/mol. The van der Waals surface area contributed by atoms with Gasteiger partial charge in [-0.3, -0.25) is 9.52 Å². The molecule has 0 atom stereocenters. The highest BCUT2D eigenvalue weighted by Gasteiger charge is 2.15. The van der Waals surface area contributed by atoms with Crippen LogP contribution in [0.15, 0.2) is 36.4 Å². The van der Waals surface area contributed by atoms with Crippen molar-refractivity contribution in [2.45, 2.75) is 6.61 Å². The molecule has 1 amide bonds. The summed E-state index contributed by atoms with van der Waals surface area (Å²) in [6.07, 6.45) is 0.979. The van der Waals surface area contributed by atoms with Crippen LogP contribution in [0.2, 0.25) is 0 Å². The van der Waals surface area contributed by atoms with E-state index in [-0.39, 0.29) is 34.2 Å². The maximum absolute atomic E-state index is 12.4. The van der Waals surface area contributed by atoms with Crippen LogP contribution in [0.1, 0.15) is 10.4 Å². The van der Waals surface area contributed by atoms with E-state index >= 15 is 0 Å². The molecule has 2 aromatic rings. The number of carbonyl (C=O) groups excluding carboxylic acids is 1. The Kier molecular flexibility index (Phi) is 6.62. The number of ether oxygens (including phenoxy) is 3. The first-order valence-electron chi connectivity index (χ1n) is 7.73. The summed E-state index contributed by atoms with van der Waals surface area (Å²) >= 11 is 0. The molecular formula is C17H18F2N2O6S. The first kappa shape index (κ1) is 21.2. The fourth-order valence-corrected chi connectivity index (χ4v) is 2.83.